The molecule has 0 radical (unpaired) electrons. The molecule has 0 unspecified atom stereocenters. The minimum atomic E-state index is -0.320. The van der Waals surface area contributed by atoms with Crippen LogP contribution in [0.25, 0.3) is 21.9 Å². The predicted octanol–water partition coefficient (Wildman–Crippen LogP) is 3.77. The summed E-state index contributed by atoms with van der Waals surface area (Å²) >= 11 is 0. The summed E-state index contributed by atoms with van der Waals surface area (Å²) in [7, 11) is 2.89. The van der Waals surface area contributed by atoms with Crippen molar-refractivity contribution in [1.82, 2.24) is 0 Å². The van der Waals surface area contributed by atoms with Gasteiger partial charge in [-0.15, -0.1) is 0 Å². The maximum Gasteiger partial charge on any atom is 0.204 e. The number of hydrogen-bond acceptors (Lipinski definition) is 6. The van der Waals surface area contributed by atoms with Crippen molar-refractivity contribution in [2.24, 2.45) is 0 Å². The van der Waals surface area contributed by atoms with E-state index < -0.39 is 0 Å². The lowest BCUT2D eigenvalue weighted by Gasteiger charge is -2.13. The molecule has 0 amide bonds. The van der Waals surface area contributed by atoms with E-state index in [0.29, 0.717) is 34.5 Å². The van der Waals surface area contributed by atoms with Crippen LogP contribution in [0.1, 0.15) is 28.4 Å². The third kappa shape index (κ3) is 3.07. The van der Waals surface area contributed by atoms with E-state index in [0.717, 1.165) is 0 Å². The third-order valence-corrected chi connectivity index (χ3v) is 4.64. The number of benzene rings is 2. The van der Waals surface area contributed by atoms with Gasteiger partial charge in [0.2, 0.25) is 5.43 Å². The second kappa shape index (κ2) is 7.31. The summed E-state index contributed by atoms with van der Waals surface area (Å²) in [5, 5.41) is 0.514. The number of allylic oxidation sites excluding steroid dienone is 1. The molecule has 0 saturated carbocycles. The summed E-state index contributed by atoms with van der Waals surface area (Å²) in [6, 6.07) is 4.88. The van der Waals surface area contributed by atoms with Crippen molar-refractivity contribution in [1.29, 1.82) is 0 Å². The molecule has 2 aromatic carbocycles. The predicted molar refractivity (Wildman–Crippen MR) is 107 cm³/mol. The molecule has 3 aromatic rings. The molecule has 1 aromatic heterocycles. The number of methoxy groups -OCH3 is 2. The number of ether oxygens (including phenoxy) is 2. The van der Waals surface area contributed by atoms with E-state index >= 15 is 0 Å². The van der Waals surface area contributed by atoms with Gasteiger partial charge in [0.15, 0.2) is 17.7 Å². The van der Waals surface area contributed by atoms with Crippen LogP contribution < -0.4 is 14.9 Å². The van der Waals surface area contributed by atoms with Crippen molar-refractivity contribution in [2.75, 3.05) is 14.2 Å². The van der Waals surface area contributed by atoms with E-state index in [1.165, 1.54) is 14.2 Å². The Morgan fingerprint density at radius 3 is 2.50 bits per heavy atom. The molecule has 0 N–H and O–H groups in total. The van der Waals surface area contributed by atoms with Crippen molar-refractivity contribution in [3.63, 3.8) is 0 Å². The number of aldehydes is 1. The average Bonchev–Trinajstić information content (AvgIpc) is 2.66. The first-order valence-corrected chi connectivity index (χ1v) is 8.61. The Balaban J connectivity index is 2.42. The highest BCUT2D eigenvalue weighted by Crippen LogP contribution is 2.34. The molecule has 6 heteroatoms. The van der Waals surface area contributed by atoms with Crippen LogP contribution in [0.15, 0.2) is 39.6 Å². The van der Waals surface area contributed by atoms with Crippen molar-refractivity contribution in [3.05, 3.63) is 57.3 Å². The highest BCUT2D eigenvalue weighted by atomic mass is 16.5. The molecule has 0 aliphatic carbocycles. The van der Waals surface area contributed by atoms with E-state index in [4.69, 9.17) is 13.9 Å². The first-order valence-electron chi connectivity index (χ1n) is 8.61. The molecular weight excluding hydrogens is 360 g/mol. The molecule has 28 heavy (non-hydrogen) atoms. The van der Waals surface area contributed by atoms with Crippen molar-refractivity contribution < 1.29 is 23.5 Å². The zero-order valence-corrected chi connectivity index (χ0v) is 16.2. The first-order chi connectivity index (χ1) is 13.3. The molecule has 0 bridgehead atoms. The van der Waals surface area contributed by atoms with Crippen LogP contribution in [0.3, 0.4) is 0 Å². The average molecular weight is 380 g/mol. The topological polar surface area (TPSA) is 82.8 Å². The fraction of sp³-hybridized carbons (Fsp3) is 0.227. The zero-order valence-electron chi connectivity index (χ0n) is 16.2. The number of carbonyl (C=O) groups is 2. The Bertz CT molecular complexity index is 1200. The summed E-state index contributed by atoms with van der Waals surface area (Å²) in [4.78, 5) is 36.9. The monoisotopic (exact) mass is 380 g/mol. The summed E-state index contributed by atoms with van der Waals surface area (Å²) in [5.41, 5.74) is 1.91. The zero-order chi connectivity index (χ0) is 20.6. The SMILES string of the molecule is C=C(C)C(=O)Cc1cc(OC)c2c(=O)c3cc(C)c(OC)c(C=O)c3oc2c1. The van der Waals surface area contributed by atoms with Gasteiger partial charge in [0.1, 0.15) is 22.5 Å². The van der Waals surface area contributed by atoms with Gasteiger partial charge in [-0.2, -0.15) is 0 Å². The van der Waals surface area contributed by atoms with E-state index in [1.807, 2.05) is 0 Å². The van der Waals surface area contributed by atoms with Gasteiger partial charge in [0.05, 0.1) is 25.2 Å². The fourth-order valence-electron chi connectivity index (χ4n) is 3.26. The van der Waals surface area contributed by atoms with Gasteiger partial charge >= 0.3 is 0 Å². The number of aryl methyl sites for hydroxylation is 1. The number of ketones is 1. The number of hydrogen-bond donors (Lipinski definition) is 0. The quantitative estimate of drug-likeness (QED) is 0.368. The van der Waals surface area contributed by atoms with Gasteiger partial charge in [-0.05, 0) is 48.7 Å². The minimum Gasteiger partial charge on any atom is -0.496 e. The standard InChI is InChI=1S/C22H20O6/c1-11(2)16(24)7-13-8-17(26-4)19-18(9-13)28-22-14(20(19)25)6-12(3)21(27-5)15(22)10-23/h6,8-10H,1,7H2,2-5H3. The Morgan fingerprint density at radius 1 is 1.21 bits per heavy atom. The van der Waals surface area contributed by atoms with E-state index in [-0.39, 0.29) is 45.1 Å². The van der Waals surface area contributed by atoms with Crippen molar-refractivity contribution in [2.45, 2.75) is 20.3 Å². The first kappa shape index (κ1) is 19.4. The Hall–Kier alpha value is -3.41. The summed E-state index contributed by atoms with van der Waals surface area (Å²) in [5.74, 6) is 0.528. The normalized spacial score (nSPS) is 10.9. The lowest BCUT2D eigenvalue weighted by atomic mass is 10.0. The van der Waals surface area contributed by atoms with Gasteiger partial charge in [-0.3, -0.25) is 14.4 Å². The van der Waals surface area contributed by atoms with Crippen LogP contribution in [-0.4, -0.2) is 26.3 Å². The Morgan fingerprint density at radius 2 is 1.93 bits per heavy atom. The number of Topliss-reactive ketones (excluding diaryl/α,β-unsaturated/α-hetero) is 1. The van der Waals surface area contributed by atoms with Crippen molar-refractivity contribution >= 4 is 34.0 Å². The van der Waals surface area contributed by atoms with E-state index in [9.17, 15) is 14.4 Å². The molecule has 0 aliphatic rings. The Kier molecular flexibility index (Phi) is 5.05. The lowest BCUT2D eigenvalue weighted by Crippen LogP contribution is -2.09. The highest BCUT2D eigenvalue weighted by molar-refractivity contribution is 6.03. The van der Waals surface area contributed by atoms with Crippen LogP contribution in [0.2, 0.25) is 0 Å². The van der Waals surface area contributed by atoms with E-state index in [2.05, 4.69) is 6.58 Å². The second-order valence-electron chi connectivity index (χ2n) is 6.62. The fourth-order valence-corrected chi connectivity index (χ4v) is 3.26. The van der Waals surface area contributed by atoms with Crippen LogP contribution in [0.4, 0.5) is 0 Å². The minimum absolute atomic E-state index is 0.0984. The molecule has 0 aliphatic heterocycles. The lowest BCUT2D eigenvalue weighted by molar-refractivity contribution is -0.114. The molecule has 3 rings (SSSR count). The largest absolute Gasteiger partial charge is 0.496 e. The van der Waals surface area contributed by atoms with Crippen LogP contribution in [0, 0.1) is 6.92 Å². The summed E-state index contributed by atoms with van der Waals surface area (Å²) in [6.45, 7) is 7.04. The molecule has 144 valence electrons. The van der Waals surface area contributed by atoms with Gasteiger partial charge < -0.3 is 13.9 Å². The van der Waals surface area contributed by atoms with E-state index in [1.54, 1.807) is 32.0 Å². The molecule has 6 nitrogen and oxygen atoms in total. The van der Waals surface area contributed by atoms with Gasteiger partial charge in [-0.25, -0.2) is 0 Å². The maximum absolute atomic E-state index is 13.2. The van der Waals surface area contributed by atoms with Gasteiger partial charge in [0.25, 0.3) is 0 Å². The summed E-state index contributed by atoms with van der Waals surface area (Å²) in [6.07, 6.45) is 0.704. The van der Waals surface area contributed by atoms with Crippen LogP contribution in [0.5, 0.6) is 11.5 Å². The summed E-state index contributed by atoms with van der Waals surface area (Å²) < 4.78 is 16.6. The second-order valence-corrected chi connectivity index (χ2v) is 6.62. The van der Waals surface area contributed by atoms with Gasteiger partial charge in [-0.1, -0.05) is 6.58 Å². The maximum atomic E-state index is 13.2. The number of carbonyl (C=O) groups excluding carboxylic acids is 2. The number of rotatable bonds is 6. The molecule has 0 atom stereocenters. The molecule has 0 saturated heterocycles. The molecule has 0 spiro atoms. The third-order valence-electron chi connectivity index (χ3n) is 4.64. The van der Waals surface area contributed by atoms with Gasteiger partial charge in [0, 0.05) is 6.42 Å². The van der Waals surface area contributed by atoms with Crippen LogP contribution >= 0.6 is 0 Å². The van der Waals surface area contributed by atoms with Crippen molar-refractivity contribution in [3.8, 4) is 11.5 Å². The smallest absolute Gasteiger partial charge is 0.204 e. The highest BCUT2D eigenvalue weighted by Gasteiger charge is 2.20. The molecule has 1 heterocycles. The van der Waals surface area contributed by atoms with Crippen LogP contribution in [-0.2, 0) is 11.2 Å². The molecular formula is C22H20O6. The Labute approximate surface area is 161 Å². The number of fused-ring (bicyclic) bond motifs is 2. The molecule has 0 fully saturated rings.